The zero-order chi connectivity index (χ0) is 19.4. The van der Waals surface area contributed by atoms with Crippen molar-refractivity contribution in [2.24, 2.45) is 0 Å². The topological polar surface area (TPSA) is 21.3 Å². The Morgan fingerprint density at radius 2 is 1.56 bits per heavy atom. The number of hydrogen-bond acceptors (Lipinski definition) is 2. The fraction of sp³-hybridized carbons (Fsp3) is 0.100. The maximum Gasteiger partial charge on any atom is 0.156 e. The van der Waals surface area contributed by atoms with Gasteiger partial charge in [-0.15, -0.1) is 0 Å². The van der Waals surface area contributed by atoms with Gasteiger partial charge >= 0.3 is 0 Å². The van der Waals surface area contributed by atoms with Gasteiger partial charge in [-0.05, 0) is 53.6 Å². The van der Waals surface area contributed by atoms with E-state index in [1.807, 2.05) is 0 Å². The van der Waals surface area contributed by atoms with Crippen molar-refractivity contribution in [2.75, 3.05) is 5.32 Å². The van der Waals surface area contributed by atoms with E-state index in [2.05, 4.69) is 5.32 Å². The van der Waals surface area contributed by atoms with E-state index in [1.54, 1.807) is 42.5 Å². The molecule has 0 fully saturated rings. The summed E-state index contributed by atoms with van der Waals surface area (Å²) in [6.45, 7) is 0.625. The number of hydrogen-bond donors (Lipinski definition) is 1. The van der Waals surface area contributed by atoms with Crippen LogP contribution in [0.3, 0.4) is 0 Å². The predicted molar refractivity (Wildman–Crippen MR) is 111 cm³/mol. The molecule has 3 aromatic carbocycles. The zero-order valence-electron chi connectivity index (χ0n) is 13.9. The molecule has 0 aliphatic carbocycles. The fourth-order valence-corrected chi connectivity index (χ4v) is 3.58. The summed E-state index contributed by atoms with van der Waals surface area (Å²) in [5.41, 5.74) is 2.29. The molecule has 0 aliphatic heterocycles. The van der Waals surface area contributed by atoms with Crippen LogP contribution in [0, 0.1) is 5.82 Å². The van der Waals surface area contributed by atoms with Gasteiger partial charge in [-0.3, -0.25) is 0 Å². The lowest BCUT2D eigenvalue weighted by molar-refractivity contribution is 0.306. The van der Waals surface area contributed by atoms with Gasteiger partial charge in [0.25, 0.3) is 0 Å². The molecule has 0 heterocycles. The maximum absolute atomic E-state index is 13.2. The first kappa shape index (κ1) is 20.1. The minimum Gasteiger partial charge on any atom is -0.486 e. The van der Waals surface area contributed by atoms with Crippen molar-refractivity contribution in [1.82, 2.24) is 0 Å². The number of rotatable bonds is 6. The van der Waals surface area contributed by atoms with E-state index in [1.165, 1.54) is 12.1 Å². The quantitative estimate of drug-likeness (QED) is 0.421. The summed E-state index contributed by atoms with van der Waals surface area (Å²) in [6.07, 6.45) is 0. The molecule has 0 saturated carbocycles. The molecule has 0 amide bonds. The predicted octanol–water partition coefficient (Wildman–Crippen LogP) is 7.63. The number of nitrogens with one attached hydrogen (secondary N) is 1. The molecule has 27 heavy (non-hydrogen) atoms. The van der Waals surface area contributed by atoms with Crippen LogP contribution in [0.4, 0.5) is 10.1 Å². The van der Waals surface area contributed by atoms with Crippen LogP contribution < -0.4 is 10.1 Å². The molecule has 0 unspecified atom stereocenters. The molecule has 0 bridgehead atoms. The Morgan fingerprint density at radius 1 is 0.815 bits per heavy atom. The van der Waals surface area contributed by atoms with Crippen molar-refractivity contribution in [2.45, 2.75) is 13.2 Å². The highest BCUT2D eigenvalue weighted by molar-refractivity contribution is 6.37. The molecule has 140 valence electrons. The van der Waals surface area contributed by atoms with Crippen LogP contribution in [0.1, 0.15) is 11.1 Å². The van der Waals surface area contributed by atoms with Crippen LogP contribution in [-0.2, 0) is 13.2 Å². The Kier molecular flexibility index (Phi) is 6.72. The second-order valence-corrected chi connectivity index (χ2v) is 7.44. The van der Waals surface area contributed by atoms with Crippen LogP contribution in [0.15, 0.2) is 54.6 Å². The standard InChI is InChI=1S/C20H14Cl4FNO/c21-14-4-5-19(16(22)9-14)26-10-13-7-17(23)20(18(24)8-13)27-11-12-2-1-3-15(25)6-12/h1-9,26H,10-11H2. The van der Waals surface area contributed by atoms with Gasteiger partial charge in [-0.2, -0.15) is 0 Å². The largest absolute Gasteiger partial charge is 0.486 e. The van der Waals surface area contributed by atoms with E-state index in [4.69, 9.17) is 51.1 Å². The summed E-state index contributed by atoms with van der Waals surface area (Å²) >= 11 is 24.7. The average Bonchev–Trinajstić information content (AvgIpc) is 2.60. The summed E-state index contributed by atoms with van der Waals surface area (Å²) in [5, 5.41) is 5.04. The molecule has 0 aromatic heterocycles. The number of ether oxygens (including phenoxy) is 1. The summed E-state index contributed by atoms with van der Waals surface area (Å²) in [6, 6.07) is 14.9. The zero-order valence-corrected chi connectivity index (χ0v) is 16.9. The molecule has 2 nitrogen and oxygen atoms in total. The molecular weight excluding hydrogens is 431 g/mol. The number of anilines is 1. The van der Waals surface area contributed by atoms with Crippen molar-refractivity contribution in [3.8, 4) is 5.75 Å². The smallest absolute Gasteiger partial charge is 0.156 e. The second kappa shape index (κ2) is 9.03. The monoisotopic (exact) mass is 443 g/mol. The molecule has 0 radical (unpaired) electrons. The van der Waals surface area contributed by atoms with Crippen LogP contribution in [0.25, 0.3) is 0 Å². The lowest BCUT2D eigenvalue weighted by Gasteiger charge is -2.13. The summed E-state index contributed by atoms with van der Waals surface area (Å²) in [7, 11) is 0. The molecule has 0 atom stereocenters. The minimum absolute atomic E-state index is 0.162. The Bertz CT molecular complexity index is 941. The molecule has 0 spiro atoms. The van der Waals surface area contributed by atoms with Crippen molar-refractivity contribution >= 4 is 52.1 Å². The van der Waals surface area contributed by atoms with Crippen LogP contribution in [0.2, 0.25) is 20.1 Å². The summed E-state index contributed by atoms with van der Waals surface area (Å²) < 4.78 is 18.9. The van der Waals surface area contributed by atoms with E-state index < -0.39 is 0 Å². The Labute approximate surface area is 176 Å². The molecule has 3 rings (SSSR count). The van der Waals surface area contributed by atoms with Crippen LogP contribution >= 0.6 is 46.4 Å². The van der Waals surface area contributed by atoms with Crippen molar-refractivity contribution in [3.05, 3.63) is 91.6 Å². The second-order valence-electron chi connectivity index (χ2n) is 5.78. The van der Waals surface area contributed by atoms with Gasteiger partial charge in [0.05, 0.1) is 20.8 Å². The maximum atomic E-state index is 13.2. The van der Waals surface area contributed by atoms with Crippen molar-refractivity contribution in [3.63, 3.8) is 0 Å². The van der Waals surface area contributed by atoms with E-state index in [0.29, 0.717) is 37.9 Å². The van der Waals surface area contributed by atoms with E-state index in [0.717, 1.165) is 11.3 Å². The van der Waals surface area contributed by atoms with Gasteiger partial charge in [0.2, 0.25) is 0 Å². The minimum atomic E-state index is -0.324. The van der Waals surface area contributed by atoms with Crippen molar-refractivity contribution < 1.29 is 9.13 Å². The van der Waals surface area contributed by atoms with Crippen LogP contribution in [-0.4, -0.2) is 0 Å². The summed E-state index contributed by atoms with van der Waals surface area (Å²) in [5.74, 6) is 0.0337. The van der Waals surface area contributed by atoms with E-state index >= 15 is 0 Å². The normalized spacial score (nSPS) is 10.7. The number of halogens is 5. The molecule has 0 saturated heterocycles. The number of benzene rings is 3. The first-order chi connectivity index (χ1) is 12.9. The first-order valence-corrected chi connectivity index (χ1v) is 9.47. The lowest BCUT2D eigenvalue weighted by Crippen LogP contribution is -2.02. The van der Waals surface area contributed by atoms with E-state index in [-0.39, 0.29) is 12.4 Å². The van der Waals surface area contributed by atoms with E-state index in [9.17, 15) is 4.39 Å². The highest BCUT2D eigenvalue weighted by Crippen LogP contribution is 2.35. The Hall–Kier alpha value is -1.65. The molecule has 0 aliphatic rings. The molecule has 1 N–H and O–H groups in total. The van der Waals surface area contributed by atoms with Gasteiger partial charge in [-0.25, -0.2) is 4.39 Å². The molecular formula is C20H14Cl4FNO. The highest BCUT2D eigenvalue weighted by atomic mass is 35.5. The van der Waals surface area contributed by atoms with Gasteiger partial charge in [0.1, 0.15) is 12.4 Å². The van der Waals surface area contributed by atoms with Gasteiger partial charge in [-0.1, -0.05) is 58.5 Å². The SMILES string of the molecule is Fc1cccc(COc2c(Cl)cc(CNc3ccc(Cl)cc3Cl)cc2Cl)c1. The third-order valence-corrected chi connectivity index (χ3v) is 4.85. The third kappa shape index (κ3) is 5.43. The van der Waals surface area contributed by atoms with Gasteiger partial charge in [0, 0.05) is 11.6 Å². The highest BCUT2D eigenvalue weighted by Gasteiger charge is 2.11. The van der Waals surface area contributed by atoms with Gasteiger partial charge in [0.15, 0.2) is 5.75 Å². The fourth-order valence-electron chi connectivity index (χ4n) is 2.46. The third-order valence-electron chi connectivity index (χ3n) is 3.74. The molecule has 3 aromatic rings. The van der Waals surface area contributed by atoms with Crippen molar-refractivity contribution in [1.29, 1.82) is 0 Å². The Morgan fingerprint density at radius 3 is 2.22 bits per heavy atom. The van der Waals surface area contributed by atoms with Gasteiger partial charge < -0.3 is 10.1 Å². The lowest BCUT2D eigenvalue weighted by atomic mass is 10.2. The first-order valence-electron chi connectivity index (χ1n) is 7.96. The molecule has 7 heteroatoms. The Balaban J connectivity index is 1.68. The van der Waals surface area contributed by atoms with Crippen LogP contribution in [0.5, 0.6) is 5.75 Å². The summed E-state index contributed by atoms with van der Waals surface area (Å²) in [4.78, 5) is 0. The average molecular weight is 445 g/mol.